The van der Waals surface area contributed by atoms with Gasteiger partial charge in [-0.05, 0) is 58.2 Å². The first-order valence-corrected chi connectivity index (χ1v) is 10.8. The largest absolute Gasteiger partial charge is 0.511 e. The van der Waals surface area contributed by atoms with E-state index in [0.717, 1.165) is 26.1 Å². The van der Waals surface area contributed by atoms with Gasteiger partial charge in [-0.15, -0.1) is 24.0 Å². The lowest BCUT2D eigenvalue weighted by Crippen LogP contribution is -2.51. The first-order chi connectivity index (χ1) is 12.6. The Bertz CT molecular complexity index is 602. The van der Waals surface area contributed by atoms with Gasteiger partial charge in [0.2, 0.25) is 0 Å². The normalized spacial score (nSPS) is 22.0. The summed E-state index contributed by atoms with van der Waals surface area (Å²) in [6, 6.07) is -0.0980. The lowest BCUT2D eigenvalue weighted by Gasteiger charge is -2.32. The van der Waals surface area contributed by atoms with Crippen molar-refractivity contribution in [2.45, 2.75) is 43.7 Å². The quantitative estimate of drug-likeness (QED) is 0.316. The van der Waals surface area contributed by atoms with Gasteiger partial charge in [0.25, 0.3) is 0 Å². The second-order valence-electron chi connectivity index (χ2n) is 7.30. The average molecular weight is 541 g/mol. The van der Waals surface area contributed by atoms with Gasteiger partial charge in [-0.2, -0.15) is 17.5 Å². The Labute approximate surface area is 182 Å². The number of sulfonamides is 1. The summed E-state index contributed by atoms with van der Waals surface area (Å²) in [4.78, 5) is 6.49. The number of aliphatic imine (C=N–C) groups is 1. The van der Waals surface area contributed by atoms with Crippen LogP contribution in [0.5, 0.6) is 0 Å². The molecule has 0 aliphatic carbocycles. The summed E-state index contributed by atoms with van der Waals surface area (Å²) < 4.78 is 61.3. The van der Waals surface area contributed by atoms with E-state index >= 15 is 0 Å². The van der Waals surface area contributed by atoms with Crippen LogP contribution in [0.1, 0.15) is 32.1 Å². The number of likely N-dealkylation sites (tertiary alicyclic amines) is 1. The zero-order chi connectivity index (χ0) is 20.1. The van der Waals surface area contributed by atoms with Crippen LogP contribution in [0.3, 0.4) is 0 Å². The molecule has 0 aromatic carbocycles. The number of rotatable bonds is 5. The topological polar surface area (TPSA) is 77.0 Å². The van der Waals surface area contributed by atoms with Crippen LogP contribution in [0.4, 0.5) is 13.2 Å². The lowest BCUT2D eigenvalue weighted by molar-refractivity contribution is -0.0494. The zero-order valence-electron chi connectivity index (χ0n) is 16.3. The fourth-order valence-electron chi connectivity index (χ4n) is 3.52. The van der Waals surface area contributed by atoms with Crippen LogP contribution in [0, 0.1) is 5.92 Å². The lowest BCUT2D eigenvalue weighted by atomic mass is 9.94. The van der Waals surface area contributed by atoms with E-state index in [4.69, 9.17) is 0 Å². The Morgan fingerprint density at radius 3 is 2.18 bits per heavy atom. The molecular formula is C16H31F3IN5O2S. The van der Waals surface area contributed by atoms with E-state index in [1.54, 1.807) is 7.05 Å². The van der Waals surface area contributed by atoms with E-state index in [1.807, 2.05) is 0 Å². The van der Waals surface area contributed by atoms with Gasteiger partial charge in [-0.1, -0.05) is 0 Å². The highest BCUT2D eigenvalue weighted by Gasteiger charge is 2.50. The monoisotopic (exact) mass is 541 g/mol. The average Bonchev–Trinajstić information content (AvgIpc) is 2.62. The van der Waals surface area contributed by atoms with Crippen molar-refractivity contribution in [3.63, 3.8) is 0 Å². The summed E-state index contributed by atoms with van der Waals surface area (Å²) >= 11 is 0. The van der Waals surface area contributed by atoms with Gasteiger partial charge in [-0.3, -0.25) is 4.99 Å². The second-order valence-corrected chi connectivity index (χ2v) is 9.23. The molecule has 2 N–H and O–H groups in total. The van der Waals surface area contributed by atoms with Crippen LogP contribution < -0.4 is 10.6 Å². The molecule has 2 heterocycles. The van der Waals surface area contributed by atoms with Crippen LogP contribution in [0.25, 0.3) is 0 Å². The van der Waals surface area contributed by atoms with E-state index in [2.05, 4.69) is 27.6 Å². The van der Waals surface area contributed by atoms with Crippen molar-refractivity contribution in [2.24, 2.45) is 10.9 Å². The molecule has 0 radical (unpaired) electrons. The highest BCUT2D eigenvalue weighted by Crippen LogP contribution is 2.28. The molecule has 0 spiro atoms. The minimum Gasteiger partial charge on any atom is -0.356 e. The van der Waals surface area contributed by atoms with Crippen molar-refractivity contribution in [2.75, 3.05) is 46.8 Å². The highest BCUT2D eigenvalue weighted by molar-refractivity contribution is 14.0. The van der Waals surface area contributed by atoms with Crippen LogP contribution in [0.15, 0.2) is 4.99 Å². The molecule has 0 bridgehead atoms. The van der Waals surface area contributed by atoms with Gasteiger partial charge in [0.15, 0.2) is 5.96 Å². The third kappa shape index (κ3) is 7.17. The summed E-state index contributed by atoms with van der Waals surface area (Å²) in [5.41, 5.74) is -5.24. The minimum absolute atomic E-state index is 0. The third-order valence-corrected chi connectivity index (χ3v) is 6.96. The van der Waals surface area contributed by atoms with E-state index in [0.29, 0.717) is 29.0 Å². The molecule has 0 saturated carbocycles. The van der Waals surface area contributed by atoms with Gasteiger partial charge in [0, 0.05) is 32.7 Å². The molecule has 28 heavy (non-hydrogen) atoms. The molecule has 0 aromatic heterocycles. The van der Waals surface area contributed by atoms with Gasteiger partial charge in [0.1, 0.15) is 0 Å². The SMILES string of the molecule is CN=C(NCCC1CCN(C)CC1)NC1CCN(S(=O)(=O)C(F)(F)F)CC1.I. The number of guanidine groups is 1. The fourth-order valence-corrected chi connectivity index (χ4v) is 4.50. The molecule has 7 nitrogen and oxygen atoms in total. The van der Waals surface area contributed by atoms with Gasteiger partial charge < -0.3 is 15.5 Å². The molecule has 0 unspecified atom stereocenters. The highest BCUT2D eigenvalue weighted by atomic mass is 127. The summed E-state index contributed by atoms with van der Waals surface area (Å²) in [5.74, 6) is 1.31. The Morgan fingerprint density at radius 2 is 1.68 bits per heavy atom. The smallest absolute Gasteiger partial charge is 0.356 e. The van der Waals surface area contributed by atoms with Crippen LogP contribution in [-0.4, -0.2) is 82.0 Å². The van der Waals surface area contributed by atoms with Gasteiger partial charge >= 0.3 is 15.5 Å². The molecule has 2 aliphatic rings. The maximum Gasteiger partial charge on any atom is 0.511 e. The summed E-state index contributed by atoms with van der Waals surface area (Å²) in [5, 5.41) is 6.44. The molecule has 166 valence electrons. The van der Waals surface area contributed by atoms with E-state index < -0.39 is 15.5 Å². The van der Waals surface area contributed by atoms with E-state index in [-0.39, 0.29) is 43.1 Å². The number of hydrogen-bond donors (Lipinski definition) is 2. The Kier molecular flexibility index (Phi) is 10.2. The third-order valence-electron chi connectivity index (χ3n) is 5.33. The second kappa shape index (κ2) is 11.2. The van der Waals surface area contributed by atoms with Crippen molar-refractivity contribution in [3.05, 3.63) is 0 Å². The number of hydrogen-bond acceptors (Lipinski definition) is 4. The molecular weight excluding hydrogens is 510 g/mol. The fraction of sp³-hybridized carbons (Fsp3) is 0.938. The summed E-state index contributed by atoms with van der Waals surface area (Å²) in [6.45, 7) is 2.74. The van der Waals surface area contributed by atoms with E-state index in [1.165, 1.54) is 12.8 Å². The first-order valence-electron chi connectivity index (χ1n) is 9.35. The van der Waals surface area contributed by atoms with Crippen molar-refractivity contribution in [1.82, 2.24) is 19.8 Å². The first kappa shape index (κ1) is 25.7. The van der Waals surface area contributed by atoms with Crippen molar-refractivity contribution in [3.8, 4) is 0 Å². The zero-order valence-corrected chi connectivity index (χ0v) is 19.5. The van der Waals surface area contributed by atoms with Crippen LogP contribution in [-0.2, 0) is 10.0 Å². The van der Waals surface area contributed by atoms with Crippen molar-refractivity contribution < 1.29 is 21.6 Å². The Balaban J connectivity index is 0.00000392. The maximum atomic E-state index is 12.6. The standard InChI is InChI=1S/C16H30F3N5O2S.HI/c1-20-15(21-8-3-13-4-9-23(2)10-5-13)22-14-6-11-24(12-7-14)27(25,26)16(17,18)19;/h13-14H,3-12H2,1-2H3,(H2,20,21,22);1H. The predicted molar refractivity (Wildman–Crippen MR) is 114 cm³/mol. The number of alkyl halides is 3. The van der Waals surface area contributed by atoms with Gasteiger partial charge in [0.05, 0.1) is 0 Å². The van der Waals surface area contributed by atoms with Crippen molar-refractivity contribution in [1.29, 1.82) is 0 Å². The van der Waals surface area contributed by atoms with E-state index in [9.17, 15) is 21.6 Å². The predicted octanol–water partition coefficient (Wildman–Crippen LogP) is 1.82. The van der Waals surface area contributed by atoms with Crippen molar-refractivity contribution >= 4 is 40.0 Å². The molecule has 0 aromatic rings. The summed E-state index contributed by atoms with van der Waals surface area (Å²) in [7, 11) is -1.45. The maximum absolute atomic E-state index is 12.6. The molecule has 2 saturated heterocycles. The molecule has 0 atom stereocenters. The molecule has 2 fully saturated rings. The molecule has 2 rings (SSSR count). The summed E-state index contributed by atoms with van der Waals surface area (Å²) in [6.07, 6.45) is 4.06. The van der Waals surface area contributed by atoms with Crippen LogP contribution >= 0.6 is 24.0 Å². The van der Waals surface area contributed by atoms with Crippen LogP contribution in [0.2, 0.25) is 0 Å². The molecule has 12 heteroatoms. The molecule has 2 aliphatic heterocycles. The molecule has 0 amide bonds. The number of nitrogens with one attached hydrogen (secondary N) is 2. The number of piperidine rings is 2. The van der Waals surface area contributed by atoms with Gasteiger partial charge in [-0.25, -0.2) is 8.42 Å². The minimum atomic E-state index is -5.24. The Hall–Kier alpha value is -0.340. The number of halogens is 4. The Morgan fingerprint density at radius 1 is 1.11 bits per heavy atom. The number of nitrogens with zero attached hydrogens (tertiary/aromatic N) is 3.